The summed E-state index contributed by atoms with van der Waals surface area (Å²) in [5.41, 5.74) is 9.17. The third kappa shape index (κ3) is 2.13. The van der Waals surface area contributed by atoms with Gasteiger partial charge < -0.3 is 5.73 Å². The molecule has 1 aliphatic heterocycles. The van der Waals surface area contributed by atoms with Crippen LogP contribution in [-0.2, 0) is 0 Å². The van der Waals surface area contributed by atoms with Gasteiger partial charge in [0.15, 0.2) is 6.17 Å². The molecule has 4 N–H and O–H groups in total. The van der Waals surface area contributed by atoms with E-state index in [0.717, 1.165) is 22.5 Å². The monoisotopic (exact) mass is 290 g/mol. The number of aromatic nitrogens is 2. The van der Waals surface area contributed by atoms with Gasteiger partial charge in [0.05, 0.1) is 0 Å². The lowest BCUT2D eigenvalue weighted by Gasteiger charge is -2.14. The fourth-order valence-electron chi connectivity index (χ4n) is 2.71. The highest BCUT2D eigenvalue weighted by Gasteiger charge is 2.27. The number of benzene rings is 2. The molecule has 0 spiro atoms. The van der Waals surface area contributed by atoms with E-state index in [9.17, 15) is 0 Å². The maximum Gasteiger partial charge on any atom is 0.365 e. The van der Waals surface area contributed by atoms with E-state index in [1.54, 1.807) is 0 Å². The summed E-state index contributed by atoms with van der Waals surface area (Å²) in [5.74, 6) is 1.26. The van der Waals surface area contributed by atoms with Gasteiger partial charge in [-0.15, -0.1) is 0 Å². The zero-order valence-corrected chi connectivity index (χ0v) is 11.9. The molecule has 0 bridgehead atoms. The van der Waals surface area contributed by atoms with Crippen LogP contribution in [0.3, 0.4) is 0 Å². The van der Waals surface area contributed by atoms with Crippen LogP contribution in [0, 0.1) is 0 Å². The van der Waals surface area contributed by atoms with E-state index in [1.165, 1.54) is 0 Å². The number of hydrogen-bond acceptors (Lipinski definition) is 3. The summed E-state index contributed by atoms with van der Waals surface area (Å²) in [6.45, 7) is 0. The van der Waals surface area contributed by atoms with E-state index in [1.807, 2.05) is 42.5 Å². The minimum absolute atomic E-state index is 0.174. The topological polar surface area (TPSA) is 70.1 Å². The Morgan fingerprint density at radius 3 is 2.68 bits per heavy atom. The van der Waals surface area contributed by atoms with E-state index in [2.05, 4.69) is 44.1 Å². The van der Waals surface area contributed by atoms with Crippen molar-refractivity contribution in [2.24, 2.45) is 10.7 Å². The molecule has 4 rings (SSSR count). The Kier molecular flexibility index (Phi) is 2.89. The molecule has 0 unspecified atom stereocenters. The van der Waals surface area contributed by atoms with Crippen LogP contribution in [0.15, 0.2) is 65.7 Å². The summed E-state index contributed by atoms with van der Waals surface area (Å²) in [6, 6.07) is 18.3. The highest BCUT2D eigenvalue weighted by molar-refractivity contribution is 5.92. The zero-order valence-electron chi connectivity index (χ0n) is 11.9. The van der Waals surface area contributed by atoms with Gasteiger partial charge in [-0.2, -0.15) is 4.99 Å². The Hall–Kier alpha value is -3.08. The minimum Gasteiger partial charge on any atom is -0.357 e. The first-order valence-corrected chi connectivity index (χ1v) is 7.17. The van der Waals surface area contributed by atoms with Gasteiger partial charge in [0, 0.05) is 0 Å². The second-order valence-corrected chi connectivity index (χ2v) is 5.18. The molecule has 0 saturated heterocycles. The first-order valence-electron chi connectivity index (χ1n) is 7.17. The Morgan fingerprint density at radius 2 is 1.82 bits per heavy atom. The van der Waals surface area contributed by atoms with E-state index < -0.39 is 0 Å². The Bertz CT molecular complexity index is 876. The molecule has 0 amide bonds. The van der Waals surface area contributed by atoms with Gasteiger partial charge in [-0.3, -0.25) is 0 Å². The fraction of sp³-hybridized carbons (Fsp3) is 0.0588. The van der Waals surface area contributed by atoms with Gasteiger partial charge in [-0.05, 0) is 23.8 Å². The predicted molar refractivity (Wildman–Crippen MR) is 88.3 cm³/mol. The van der Waals surface area contributed by atoms with Gasteiger partial charge >= 0.3 is 5.95 Å². The van der Waals surface area contributed by atoms with Gasteiger partial charge in [0.2, 0.25) is 0 Å². The average molecular weight is 290 g/mol. The normalized spacial score (nSPS) is 17.3. The van der Waals surface area contributed by atoms with Crippen LogP contribution in [0.25, 0.3) is 17.1 Å². The summed E-state index contributed by atoms with van der Waals surface area (Å²) >= 11 is 0. The number of imidazole rings is 1. The molecular weight excluding hydrogens is 274 g/mol. The summed E-state index contributed by atoms with van der Waals surface area (Å²) < 4.78 is 2.10. The average Bonchev–Trinajstić information content (AvgIpc) is 2.91. The van der Waals surface area contributed by atoms with Crippen LogP contribution in [0.2, 0.25) is 0 Å². The van der Waals surface area contributed by atoms with Crippen LogP contribution < -0.4 is 15.6 Å². The molecule has 0 saturated carbocycles. The molecule has 0 radical (unpaired) electrons. The number of nitrogens with two attached hydrogens (primary N) is 1. The molecule has 2 heterocycles. The van der Waals surface area contributed by atoms with Crippen molar-refractivity contribution in [2.45, 2.75) is 6.17 Å². The highest BCUT2D eigenvalue weighted by Crippen LogP contribution is 2.20. The van der Waals surface area contributed by atoms with E-state index in [4.69, 9.17) is 5.73 Å². The lowest BCUT2D eigenvalue weighted by molar-refractivity contribution is -0.672. The van der Waals surface area contributed by atoms with Crippen molar-refractivity contribution in [1.82, 2.24) is 4.98 Å². The van der Waals surface area contributed by atoms with Crippen LogP contribution in [0.4, 0.5) is 5.95 Å². The van der Waals surface area contributed by atoms with E-state index in [-0.39, 0.29) is 6.17 Å². The van der Waals surface area contributed by atoms with Gasteiger partial charge in [-0.1, -0.05) is 48.5 Å². The lowest BCUT2D eigenvalue weighted by Crippen LogP contribution is -2.46. The second-order valence-electron chi connectivity index (χ2n) is 5.18. The molecular formula is C17H16N5+. The number of para-hydroxylation sites is 2. The smallest absolute Gasteiger partial charge is 0.357 e. The maximum atomic E-state index is 5.90. The fourth-order valence-corrected chi connectivity index (χ4v) is 2.71. The van der Waals surface area contributed by atoms with Gasteiger partial charge in [-0.25, -0.2) is 14.9 Å². The van der Waals surface area contributed by atoms with E-state index >= 15 is 0 Å². The van der Waals surface area contributed by atoms with Crippen LogP contribution in [0.1, 0.15) is 11.7 Å². The third-order valence-electron chi connectivity index (χ3n) is 3.70. The van der Waals surface area contributed by atoms with Gasteiger partial charge in [0.25, 0.3) is 5.96 Å². The maximum absolute atomic E-state index is 5.90. The molecule has 0 fully saturated rings. The third-order valence-corrected chi connectivity index (χ3v) is 3.70. The lowest BCUT2D eigenvalue weighted by atomic mass is 10.2. The van der Waals surface area contributed by atoms with Gasteiger partial charge in [0.1, 0.15) is 11.0 Å². The molecule has 5 heteroatoms. The number of hydrogen-bond donors (Lipinski definition) is 3. The van der Waals surface area contributed by atoms with Crippen LogP contribution in [0.5, 0.6) is 0 Å². The zero-order chi connectivity index (χ0) is 14.9. The number of anilines is 1. The molecule has 1 aromatic heterocycles. The molecule has 1 aliphatic rings. The second kappa shape index (κ2) is 5.04. The molecule has 5 nitrogen and oxygen atoms in total. The van der Waals surface area contributed by atoms with E-state index in [0.29, 0.717) is 5.96 Å². The largest absolute Gasteiger partial charge is 0.365 e. The van der Waals surface area contributed by atoms with Crippen molar-refractivity contribution in [3.8, 4) is 0 Å². The number of fused-ring (bicyclic) bond motifs is 3. The van der Waals surface area contributed by atoms with Crippen molar-refractivity contribution in [3.05, 3.63) is 66.2 Å². The van der Waals surface area contributed by atoms with Crippen molar-refractivity contribution in [3.63, 3.8) is 0 Å². The Morgan fingerprint density at radius 1 is 1.05 bits per heavy atom. The van der Waals surface area contributed by atoms with Crippen molar-refractivity contribution < 1.29 is 4.57 Å². The summed E-state index contributed by atoms with van der Waals surface area (Å²) in [7, 11) is 0. The first-order chi connectivity index (χ1) is 10.8. The number of nitrogens with zero attached hydrogens (tertiary/aromatic N) is 2. The number of aromatic amines is 1. The Labute approximate surface area is 127 Å². The predicted octanol–water partition coefficient (Wildman–Crippen LogP) is 2.41. The summed E-state index contributed by atoms with van der Waals surface area (Å²) in [6.07, 6.45) is 3.94. The molecule has 0 aliphatic carbocycles. The van der Waals surface area contributed by atoms with Crippen molar-refractivity contribution in [1.29, 1.82) is 0 Å². The SMILES string of the molecule is NC1=N[C@H](/C=C/c2ccccc2)[n+]2c([nH]c3ccccc32)N1. The number of H-pyrrole nitrogens is 1. The van der Waals surface area contributed by atoms with Crippen molar-refractivity contribution in [2.75, 3.05) is 5.32 Å². The Balaban J connectivity index is 1.79. The minimum atomic E-state index is -0.174. The number of aliphatic imine (C=N–C) groups is 1. The molecule has 2 aromatic carbocycles. The van der Waals surface area contributed by atoms with Crippen LogP contribution in [-0.4, -0.2) is 10.9 Å². The molecule has 3 aromatic rings. The summed E-state index contributed by atoms with van der Waals surface area (Å²) in [5, 5.41) is 3.08. The highest BCUT2D eigenvalue weighted by atomic mass is 15.4. The number of nitrogens with one attached hydrogen (secondary N) is 2. The number of rotatable bonds is 2. The molecule has 108 valence electrons. The summed E-state index contributed by atoms with van der Waals surface area (Å²) in [4.78, 5) is 7.83. The first kappa shape index (κ1) is 12.6. The molecule has 22 heavy (non-hydrogen) atoms. The number of guanidine groups is 1. The van der Waals surface area contributed by atoms with Crippen LogP contribution >= 0.6 is 0 Å². The standard InChI is InChI=1S/C17H15N5/c18-16-20-15(11-10-12-6-2-1-3-7-12)22-14-9-5-4-8-13(14)19-17(22)21-16/h1-11,15H,(H3,18,19,20,21)/p+1/b11-10+/t15-/m0/s1. The van der Waals surface area contributed by atoms with Crippen molar-refractivity contribution >= 4 is 29.0 Å². The quantitative estimate of drug-likeness (QED) is 0.634. The molecule has 1 atom stereocenters.